The lowest BCUT2D eigenvalue weighted by Gasteiger charge is -2.13. The molecule has 0 aliphatic rings. The molecule has 86 valence electrons. The Hall–Kier alpha value is -1.13. The molecule has 0 rings (SSSR count). The van der Waals surface area contributed by atoms with E-state index in [1.807, 2.05) is 0 Å². The maximum Gasteiger partial charge on any atom is 0.341 e. The largest absolute Gasteiger partial charge is 0.462 e. The Morgan fingerprint density at radius 3 is 2.20 bits per heavy atom. The smallest absolute Gasteiger partial charge is 0.341 e. The number of rotatable bonds is 4. The fourth-order valence-electron chi connectivity index (χ4n) is 0.815. The summed E-state index contributed by atoms with van der Waals surface area (Å²) in [6.45, 7) is 4.84. The summed E-state index contributed by atoms with van der Waals surface area (Å²) in [4.78, 5) is 11.2. The molecular formula is C10H16O5. The number of carbonyl (C=O) groups is 1. The van der Waals surface area contributed by atoms with E-state index in [0.717, 1.165) is 5.57 Å². The predicted molar refractivity (Wildman–Crippen MR) is 52.5 cm³/mol. The zero-order valence-corrected chi connectivity index (χ0v) is 9.07. The molecule has 0 bridgehead atoms. The fourth-order valence-corrected chi connectivity index (χ4v) is 0.815. The van der Waals surface area contributed by atoms with Crippen LogP contribution in [0, 0.1) is 0 Å². The van der Waals surface area contributed by atoms with Gasteiger partial charge in [-0.15, -0.1) is 5.73 Å². The molecule has 0 aromatic rings. The van der Waals surface area contributed by atoms with Crippen molar-refractivity contribution in [2.45, 2.75) is 33.2 Å². The Balaban J connectivity index is 4.13. The normalized spacial score (nSPS) is 10.5. The molecule has 0 spiro atoms. The number of esters is 1. The quantitative estimate of drug-likeness (QED) is 0.268. The zero-order valence-electron chi connectivity index (χ0n) is 9.07. The third kappa shape index (κ3) is 7.90. The predicted octanol–water partition coefficient (Wildman–Crippen LogP) is 0.0618. The number of ether oxygens (including phenoxy) is 1. The molecule has 0 atom stereocenters. The summed E-state index contributed by atoms with van der Waals surface area (Å²) in [7, 11) is 0. The van der Waals surface area contributed by atoms with Crippen LogP contribution in [0.4, 0.5) is 0 Å². The highest BCUT2D eigenvalue weighted by molar-refractivity contribution is 5.87. The molecule has 0 fully saturated rings. The van der Waals surface area contributed by atoms with Crippen molar-refractivity contribution in [3.8, 4) is 0 Å². The van der Waals surface area contributed by atoms with Crippen molar-refractivity contribution >= 4 is 5.97 Å². The minimum Gasteiger partial charge on any atom is -0.462 e. The molecule has 0 radical (unpaired) electrons. The van der Waals surface area contributed by atoms with Crippen LogP contribution in [0.15, 0.2) is 16.9 Å². The highest BCUT2D eigenvalue weighted by Crippen LogP contribution is 2.03. The van der Waals surface area contributed by atoms with Crippen molar-refractivity contribution in [3.05, 3.63) is 16.9 Å². The lowest BCUT2D eigenvalue weighted by Crippen LogP contribution is -2.29. The van der Waals surface area contributed by atoms with Gasteiger partial charge in [-0.2, -0.15) is 0 Å². The Morgan fingerprint density at radius 2 is 1.80 bits per heavy atom. The molecule has 5 heteroatoms. The van der Waals surface area contributed by atoms with Crippen LogP contribution in [-0.4, -0.2) is 33.9 Å². The molecule has 0 saturated carbocycles. The maximum absolute atomic E-state index is 11.2. The first-order valence-electron chi connectivity index (χ1n) is 4.47. The van der Waals surface area contributed by atoms with Crippen molar-refractivity contribution in [1.82, 2.24) is 0 Å². The first-order valence-corrected chi connectivity index (χ1v) is 4.47. The van der Waals surface area contributed by atoms with Crippen LogP contribution in [0.1, 0.15) is 27.2 Å². The second kappa shape index (κ2) is 5.68. The summed E-state index contributed by atoms with van der Waals surface area (Å²) in [6, 6.07) is 0. The molecule has 0 aromatic carbocycles. The molecule has 0 aliphatic carbocycles. The van der Waals surface area contributed by atoms with E-state index in [-0.39, 0.29) is 6.61 Å². The highest BCUT2D eigenvalue weighted by Gasteiger charge is 2.18. The third-order valence-electron chi connectivity index (χ3n) is 1.41. The van der Waals surface area contributed by atoms with Gasteiger partial charge in [0.1, 0.15) is 0 Å². The van der Waals surface area contributed by atoms with Gasteiger partial charge in [-0.25, -0.2) is 4.79 Å². The van der Waals surface area contributed by atoms with Crippen LogP contribution in [0.5, 0.6) is 0 Å². The van der Waals surface area contributed by atoms with Crippen molar-refractivity contribution in [2.75, 3.05) is 6.61 Å². The Labute approximate surface area is 88.3 Å². The fraction of sp³-hybridized carbons (Fsp3) is 0.600. The summed E-state index contributed by atoms with van der Waals surface area (Å²) in [5.41, 5.74) is 3.90. The van der Waals surface area contributed by atoms with Crippen molar-refractivity contribution in [2.24, 2.45) is 0 Å². The lowest BCUT2D eigenvalue weighted by atomic mass is 10.2. The SMILES string of the molecule is CC(C)=C=C(C)C(=O)OCCC(O)(O)O. The lowest BCUT2D eigenvalue weighted by molar-refractivity contribution is -0.317. The second-order valence-corrected chi connectivity index (χ2v) is 3.41. The minimum absolute atomic E-state index is 0.274. The van der Waals surface area contributed by atoms with Gasteiger partial charge in [0.2, 0.25) is 0 Å². The second-order valence-electron chi connectivity index (χ2n) is 3.41. The maximum atomic E-state index is 11.2. The van der Waals surface area contributed by atoms with E-state index in [1.165, 1.54) is 0 Å². The van der Waals surface area contributed by atoms with Crippen LogP contribution < -0.4 is 0 Å². The molecule has 5 nitrogen and oxygen atoms in total. The summed E-state index contributed by atoms with van der Waals surface area (Å²) >= 11 is 0. The van der Waals surface area contributed by atoms with Gasteiger partial charge in [-0.1, -0.05) is 0 Å². The van der Waals surface area contributed by atoms with E-state index in [0.29, 0.717) is 5.57 Å². The van der Waals surface area contributed by atoms with Gasteiger partial charge in [-0.3, -0.25) is 0 Å². The van der Waals surface area contributed by atoms with E-state index in [1.54, 1.807) is 20.8 Å². The molecule has 0 saturated heterocycles. The van der Waals surface area contributed by atoms with Gasteiger partial charge in [0, 0.05) is 0 Å². The summed E-state index contributed by atoms with van der Waals surface area (Å²) < 4.78 is 4.65. The number of aliphatic hydroxyl groups is 3. The van der Waals surface area contributed by atoms with Gasteiger partial charge >= 0.3 is 5.97 Å². The first kappa shape index (κ1) is 13.9. The Kier molecular flexibility index (Phi) is 5.25. The molecular weight excluding hydrogens is 200 g/mol. The Morgan fingerprint density at radius 1 is 1.27 bits per heavy atom. The molecule has 0 aromatic heterocycles. The number of carbonyl (C=O) groups excluding carboxylic acids is 1. The number of hydrogen-bond donors (Lipinski definition) is 3. The van der Waals surface area contributed by atoms with Crippen LogP contribution >= 0.6 is 0 Å². The van der Waals surface area contributed by atoms with Crippen LogP contribution in [0.25, 0.3) is 0 Å². The molecule has 0 unspecified atom stereocenters. The average molecular weight is 216 g/mol. The standard InChI is InChI=1S/C10H16O5/c1-7(2)6-8(3)9(11)15-5-4-10(12,13)14/h12-14H,4-5H2,1-3H3. The van der Waals surface area contributed by atoms with Crippen molar-refractivity contribution in [1.29, 1.82) is 0 Å². The van der Waals surface area contributed by atoms with E-state index in [4.69, 9.17) is 15.3 Å². The zero-order chi connectivity index (χ0) is 12.1. The molecule has 0 heterocycles. The van der Waals surface area contributed by atoms with Crippen LogP contribution in [0.2, 0.25) is 0 Å². The average Bonchev–Trinajstić information content (AvgIpc) is 2.00. The van der Waals surface area contributed by atoms with E-state index < -0.39 is 18.4 Å². The number of hydrogen-bond acceptors (Lipinski definition) is 5. The monoisotopic (exact) mass is 216 g/mol. The van der Waals surface area contributed by atoms with E-state index in [2.05, 4.69) is 10.5 Å². The summed E-state index contributed by atoms with van der Waals surface area (Å²) in [5.74, 6) is -3.39. The molecule has 0 amide bonds. The van der Waals surface area contributed by atoms with Crippen molar-refractivity contribution in [3.63, 3.8) is 0 Å². The van der Waals surface area contributed by atoms with Gasteiger partial charge in [-0.05, 0) is 26.3 Å². The summed E-state index contributed by atoms with van der Waals surface area (Å²) in [5, 5.41) is 25.5. The van der Waals surface area contributed by atoms with Gasteiger partial charge < -0.3 is 20.1 Å². The van der Waals surface area contributed by atoms with E-state index in [9.17, 15) is 4.79 Å². The molecule has 0 aliphatic heterocycles. The van der Waals surface area contributed by atoms with E-state index >= 15 is 0 Å². The topological polar surface area (TPSA) is 87.0 Å². The van der Waals surface area contributed by atoms with Crippen molar-refractivity contribution < 1.29 is 24.9 Å². The molecule has 15 heavy (non-hydrogen) atoms. The van der Waals surface area contributed by atoms with Gasteiger partial charge in [0.05, 0.1) is 18.6 Å². The summed E-state index contributed by atoms with van der Waals surface area (Å²) in [6.07, 6.45) is -0.457. The highest BCUT2D eigenvalue weighted by atomic mass is 16.7. The van der Waals surface area contributed by atoms with Gasteiger partial charge in [0.15, 0.2) is 0 Å². The third-order valence-corrected chi connectivity index (χ3v) is 1.41. The molecule has 3 N–H and O–H groups in total. The van der Waals surface area contributed by atoms with Crippen LogP contribution in [-0.2, 0) is 9.53 Å². The first-order chi connectivity index (χ1) is 6.72. The van der Waals surface area contributed by atoms with Crippen LogP contribution in [0.3, 0.4) is 0 Å². The Bertz CT molecular complexity index is 287. The minimum atomic E-state index is -2.80. The van der Waals surface area contributed by atoms with Gasteiger partial charge in [0.25, 0.3) is 5.97 Å².